The van der Waals surface area contributed by atoms with E-state index in [1.807, 2.05) is 27.7 Å². The lowest BCUT2D eigenvalue weighted by Gasteiger charge is -2.37. The number of rotatable bonds is 5. The van der Waals surface area contributed by atoms with Gasteiger partial charge in [0.15, 0.2) is 5.69 Å². The van der Waals surface area contributed by atoms with E-state index < -0.39 is 23.5 Å². The Hall–Kier alpha value is -4.15. The van der Waals surface area contributed by atoms with Gasteiger partial charge in [0.1, 0.15) is 11.5 Å². The number of hydrogen-bond acceptors (Lipinski definition) is 4. The molecule has 5 rings (SSSR count). The van der Waals surface area contributed by atoms with Crippen molar-refractivity contribution in [2.45, 2.75) is 65.2 Å². The molecule has 3 atom stereocenters. The second-order valence-corrected chi connectivity index (χ2v) is 11.8. The molecule has 212 valence electrons. The van der Waals surface area contributed by atoms with Crippen LogP contribution >= 0.6 is 0 Å². The summed E-state index contributed by atoms with van der Waals surface area (Å²) in [7, 11) is 0. The number of hydrogen-bond donors (Lipinski definition) is 3. The zero-order chi connectivity index (χ0) is 28.8. The van der Waals surface area contributed by atoms with Crippen LogP contribution in [0.5, 0.6) is 0 Å². The molecule has 4 heterocycles. The van der Waals surface area contributed by atoms with E-state index in [1.165, 1.54) is 17.0 Å². The number of benzene rings is 1. The van der Waals surface area contributed by atoms with Crippen molar-refractivity contribution in [2.24, 2.45) is 5.41 Å². The Morgan fingerprint density at radius 3 is 2.52 bits per heavy atom. The van der Waals surface area contributed by atoms with E-state index in [4.69, 9.17) is 5.10 Å². The van der Waals surface area contributed by atoms with Gasteiger partial charge < -0.3 is 25.2 Å². The first kappa shape index (κ1) is 27.4. The van der Waals surface area contributed by atoms with Crippen molar-refractivity contribution in [3.63, 3.8) is 0 Å². The summed E-state index contributed by atoms with van der Waals surface area (Å²) in [5, 5.41) is 17.6. The van der Waals surface area contributed by atoms with Crippen molar-refractivity contribution >= 4 is 17.9 Å². The quantitative estimate of drug-likeness (QED) is 0.442. The van der Waals surface area contributed by atoms with Gasteiger partial charge >= 0.3 is 6.09 Å². The Balaban J connectivity index is 1.49. The van der Waals surface area contributed by atoms with Gasteiger partial charge in [-0.25, -0.2) is 9.18 Å². The highest BCUT2D eigenvalue weighted by molar-refractivity contribution is 5.96. The number of aromatic amines is 1. The molecule has 0 aliphatic carbocycles. The highest BCUT2D eigenvalue weighted by atomic mass is 19.1. The summed E-state index contributed by atoms with van der Waals surface area (Å²) in [6.45, 7) is 9.20. The van der Waals surface area contributed by atoms with Crippen LogP contribution < -0.4 is 5.32 Å². The molecule has 0 bridgehead atoms. The molecule has 0 spiro atoms. The number of fused-ring (bicyclic) bond motifs is 1. The van der Waals surface area contributed by atoms with Crippen molar-refractivity contribution in [3.8, 4) is 0 Å². The fraction of sp³-hybridized carbons (Fsp3) is 0.448. The maximum Gasteiger partial charge on any atom is 0.407 e. The van der Waals surface area contributed by atoms with Gasteiger partial charge in [-0.05, 0) is 41.7 Å². The van der Waals surface area contributed by atoms with E-state index in [0.29, 0.717) is 37.3 Å². The SMILES string of the molecule is CC1CN(C(=O)c2ccc[nH]2)Cc2c(C(=O)NC3CCN(C(=O)O)C3C(C)(C)C)nn(Cc3ccc(F)cc3)c21. The van der Waals surface area contributed by atoms with Gasteiger partial charge in [-0.1, -0.05) is 39.8 Å². The highest BCUT2D eigenvalue weighted by Gasteiger charge is 2.45. The number of nitrogens with one attached hydrogen (secondary N) is 2. The van der Waals surface area contributed by atoms with Crippen LogP contribution in [0.2, 0.25) is 0 Å². The normalized spacial score (nSPS) is 20.9. The Labute approximate surface area is 232 Å². The third-order valence-corrected chi connectivity index (χ3v) is 7.83. The predicted molar refractivity (Wildman–Crippen MR) is 146 cm³/mol. The molecule has 11 heteroatoms. The van der Waals surface area contributed by atoms with Crippen molar-refractivity contribution in [3.05, 3.63) is 76.6 Å². The van der Waals surface area contributed by atoms with Crippen LogP contribution in [-0.4, -0.2) is 72.8 Å². The average Bonchev–Trinajstić information content (AvgIpc) is 3.64. The van der Waals surface area contributed by atoms with Crippen LogP contribution in [0.1, 0.15) is 77.8 Å². The molecule has 1 aromatic carbocycles. The van der Waals surface area contributed by atoms with Gasteiger partial charge in [0.05, 0.1) is 25.2 Å². The molecule has 1 fully saturated rings. The number of aromatic nitrogens is 3. The molecule has 3 aromatic rings. The monoisotopic (exact) mass is 550 g/mol. The highest BCUT2D eigenvalue weighted by Crippen LogP contribution is 2.35. The van der Waals surface area contributed by atoms with Gasteiger partial charge in [0.25, 0.3) is 11.8 Å². The van der Waals surface area contributed by atoms with Crippen LogP contribution in [0.4, 0.5) is 9.18 Å². The first-order chi connectivity index (χ1) is 18.9. The molecule has 3 unspecified atom stereocenters. The maximum absolute atomic E-state index is 13.8. The van der Waals surface area contributed by atoms with Crippen molar-refractivity contribution in [1.82, 2.24) is 29.9 Å². The summed E-state index contributed by atoms with van der Waals surface area (Å²) in [5.41, 5.74) is 2.63. The zero-order valence-electron chi connectivity index (χ0n) is 23.1. The van der Waals surface area contributed by atoms with Gasteiger partial charge in [-0.2, -0.15) is 5.10 Å². The van der Waals surface area contributed by atoms with Crippen molar-refractivity contribution in [1.29, 1.82) is 0 Å². The third kappa shape index (κ3) is 5.20. The summed E-state index contributed by atoms with van der Waals surface area (Å²) >= 11 is 0. The van der Waals surface area contributed by atoms with Crippen LogP contribution in [0.25, 0.3) is 0 Å². The molecule has 0 saturated carbocycles. The smallest absolute Gasteiger partial charge is 0.407 e. The Morgan fingerprint density at radius 1 is 1.18 bits per heavy atom. The molecule has 1 saturated heterocycles. The summed E-state index contributed by atoms with van der Waals surface area (Å²) < 4.78 is 15.3. The molecule has 40 heavy (non-hydrogen) atoms. The maximum atomic E-state index is 13.8. The topological polar surface area (TPSA) is 124 Å². The lowest BCUT2D eigenvalue weighted by molar-refractivity contribution is 0.0709. The number of likely N-dealkylation sites (tertiary alicyclic amines) is 1. The van der Waals surface area contributed by atoms with Crippen molar-refractivity contribution < 1.29 is 23.9 Å². The molecule has 0 radical (unpaired) electrons. The molecule has 2 aromatic heterocycles. The molecule has 2 aliphatic rings. The summed E-state index contributed by atoms with van der Waals surface area (Å²) in [6.07, 6.45) is 1.18. The zero-order valence-corrected chi connectivity index (χ0v) is 23.1. The largest absolute Gasteiger partial charge is 0.465 e. The summed E-state index contributed by atoms with van der Waals surface area (Å²) in [5.74, 6) is -1.02. The van der Waals surface area contributed by atoms with E-state index >= 15 is 0 Å². The lowest BCUT2D eigenvalue weighted by atomic mass is 9.82. The summed E-state index contributed by atoms with van der Waals surface area (Å²) in [4.78, 5) is 45.0. The number of halogens is 1. The van der Waals surface area contributed by atoms with E-state index in [0.717, 1.165) is 11.3 Å². The fourth-order valence-corrected chi connectivity index (χ4v) is 6.21. The number of H-pyrrole nitrogens is 1. The third-order valence-electron chi connectivity index (χ3n) is 7.83. The lowest BCUT2D eigenvalue weighted by Crippen LogP contribution is -2.53. The average molecular weight is 551 g/mol. The van der Waals surface area contributed by atoms with Gasteiger partial charge in [0.2, 0.25) is 0 Å². The second-order valence-electron chi connectivity index (χ2n) is 11.8. The molecule has 2 aliphatic heterocycles. The Morgan fingerprint density at radius 2 is 1.90 bits per heavy atom. The van der Waals surface area contributed by atoms with Crippen LogP contribution in [0, 0.1) is 11.2 Å². The number of carboxylic acid groups (broad SMARTS) is 1. The second kappa shape index (κ2) is 10.4. The minimum Gasteiger partial charge on any atom is -0.465 e. The fourth-order valence-electron chi connectivity index (χ4n) is 6.21. The Kier molecular flexibility index (Phi) is 7.16. The van der Waals surface area contributed by atoms with Gasteiger partial charge in [-0.3, -0.25) is 14.3 Å². The number of carbonyl (C=O) groups is 3. The van der Waals surface area contributed by atoms with E-state index in [9.17, 15) is 23.9 Å². The molecular formula is C29H35FN6O4. The van der Waals surface area contributed by atoms with Crippen LogP contribution in [-0.2, 0) is 13.1 Å². The van der Waals surface area contributed by atoms with Gasteiger partial charge in [-0.15, -0.1) is 0 Å². The molecule has 10 nitrogen and oxygen atoms in total. The number of carbonyl (C=O) groups excluding carboxylic acids is 2. The predicted octanol–water partition coefficient (Wildman–Crippen LogP) is 4.05. The minimum absolute atomic E-state index is 0.117. The van der Waals surface area contributed by atoms with E-state index in [-0.39, 0.29) is 35.9 Å². The van der Waals surface area contributed by atoms with Crippen LogP contribution in [0.15, 0.2) is 42.6 Å². The standard InChI is InChI=1S/C29H35FN6O4/c1-17-14-34(27(38)22-6-5-12-31-22)16-20-23(33-36(24(17)20)15-18-7-9-19(30)10-8-18)26(37)32-21-11-13-35(28(39)40)25(21)29(2,3)4/h5-10,12,17,21,25,31H,11,13-16H2,1-4H3,(H,32,37)(H,39,40). The first-order valence-corrected chi connectivity index (χ1v) is 13.5. The minimum atomic E-state index is -1.01. The summed E-state index contributed by atoms with van der Waals surface area (Å²) in [6, 6.07) is 8.83. The first-order valence-electron chi connectivity index (χ1n) is 13.5. The van der Waals surface area contributed by atoms with E-state index in [1.54, 1.807) is 40.0 Å². The number of nitrogens with zero attached hydrogens (tertiary/aromatic N) is 4. The number of amides is 3. The van der Waals surface area contributed by atoms with Gasteiger partial charge in [0, 0.05) is 36.5 Å². The van der Waals surface area contributed by atoms with E-state index in [2.05, 4.69) is 10.3 Å². The molecule has 3 amide bonds. The van der Waals surface area contributed by atoms with Crippen molar-refractivity contribution in [2.75, 3.05) is 13.1 Å². The van der Waals surface area contributed by atoms with Crippen LogP contribution in [0.3, 0.4) is 0 Å². The Bertz CT molecular complexity index is 1410. The molecular weight excluding hydrogens is 515 g/mol. The molecule has 3 N–H and O–H groups in total.